The number of aliphatic imine (C=N–C) groups is 1. The number of methoxy groups -OCH3 is 1. The van der Waals surface area contributed by atoms with Gasteiger partial charge in [0.15, 0.2) is 0 Å². The van der Waals surface area contributed by atoms with Gasteiger partial charge in [-0.2, -0.15) is 5.26 Å². The third-order valence-electron chi connectivity index (χ3n) is 3.40. The van der Waals surface area contributed by atoms with Crippen LogP contribution in [0.25, 0.3) is 0 Å². The molecule has 5 heteroatoms. The van der Waals surface area contributed by atoms with Gasteiger partial charge in [-0.05, 0) is 24.3 Å². The first-order valence-electron chi connectivity index (χ1n) is 6.74. The Kier molecular flexibility index (Phi) is 3.58. The van der Waals surface area contributed by atoms with Gasteiger partial charge in [-0.15, -0.1) is 0 Å². The minimum Gasteiger partial charge on any atom is -0.497 e. The van der Waals surface area contributed by atoms with Crippen LogP contribution in [0.5, 0.6) is 5.75 Å². The van der Waals surface area contributed by atoms with E-state index in [2.05, 4.69) is 16.4 Å². The van der Waals surface area contributed by atoms with E-state index >= 15 is 0 Å². The fraction of sp³-hybridized carbons (Fsp3) is 0.118. The lowest BCUT2D eigenvalue weighted by molar-refractivity contribution is -0.114. The Balaban J connectivity index is 2.16. The van der Waals surface area contributed by atoms with Crippen molar-refractivity contribution >= 4 is 17.3 Å². The molecule has 0 aliphatic carbocycles. The molecule has 2 aromatic carbocycles. The standard InChI is InChI=1S/C17H13N3O2/c1-22-13-5-6-14-15(8-13)20-16(21)10-19-17(14)12-4-2-3-11(7-12)9-18/h2-8H,10H2,1H3,(H,20,21). The van der Waals surface area contributed by atoms with E-state index in [-0.39, 0.29) is 12.5 Å². The maximum Gasteiger partial charge on any atom is 0.246 e. The van der Waals surface area contributed by atoms with Crippen molar-refractivity contribution in [3.05, 3.63) is 59.2 Å². The highest BCUT2D eigenvalue weighted by Crippen LogP contribution is 2.27. The molecule has 0 unspecified atom stereocenters. The predicted molar refractivity (Wildman–Crippen MR) is 83.3 cm³/mol. The van der Waals surface area contributed by atoms with E-state index in [9.17, 15) is 4.79 Å². The molecule has 0 saturated heterocycles. The van der Waals surface area contributed by atoms with Crippen LogP contribution in [0, 0.1) is 11.3 Å². The van der Waals surface area contributed by atoms with Crippen molar-refractivity contribution in [2.75, 3.05) is 19.0 Å². The molecule has 1 N–H and O–H groups in total. The fourth-order valence-corrected chi connectivity index (χ4v) is 2.37. The zero-order valence-electron chi connectivity index (χ0n) is 12.0. The summed E-state index contributed by atoms with van der Waals surface area (Å²) in [7, 11) is 1.58. The first-order chi connectivity index (χ1) is 10.7. The minimum atomic E-state index is -0.180. The van der Waals surface area contributed by atoms with Crippen LogP contribution in [0.2, 0.25) is 0 Å². The number of fused-ring (bicyclic) bond motifs is 1. The summed E-state index contributed by atoms with van der Waals surface area (Å²) in [5.41, 5.74) is 3.51. The van der Waals surface area contributed by atoms with Crippen LogP contribution in [-0.4, -0.2) is 25.3 Å². The lowest BCUT2D eigenvalue weighted by atomic mass is 9.99. The summed E-state index contributed by atoms with van der Waals surface area (Å²) in [6.45, 7) is 0.0448. The van der Waals surface area contributed by atoms with Gasteiger partial charge in [0.25, 0.3) is 0 Å². The lowest BCUT2D eigenvalue weighted by Crippen LogP contribution is -2.13. The molecule has 0 spiro atoms. The summed E-state index contributed by atoms with van der Waals surface area (Å²) in [5.74, 6) is 0.479. The Morgan fingerprint density at radius 2 is 2.14 bits per heavy atom. The Labute approximate surface area is 127 Å². The number of nitrogens with zero attached hydrogens (tertiary/aromatic N) is 2. The molecular formula is C17H13N3O2. The molecule has 0 bridgehead atoms. The van der Waals surface area contributed by atoms with Gasteiger partial charge in [0, 0.05) is 17.2 Å². The van der Waals surface area contributed by atoms with Gasteiger partial charge in [0.1, 0.15) is 12.3 Å². The van der Waals surface area contributed by atoms with Gasteiger partial charge in [-0.3, -0.25) is 9.79 Å². The highest BCUT2D eigenvalue weighted by molar-refractivity contribution is 6.19. The molecule has 0 saturated carbocycles. The average Bonchev–Trinajstić information content (AvgIpc) is 2.72. The normalized spacial score (nSPS) is 13.3. The zero-order valence-corrected chi connectivity index (χ0v) is 12.0. The predicted octanol–water partition coefficient (Wildman–Crippen LogP) is 2.36. The lowest BCUT2D eigenvalue weighted by Gasteiger charge is -2.11. The van der Waals surface area contributed by atoms with Gasteiger partial charge in [0.05, 0.1) is 30.1 Å². The number of hydrogen-bond donors (Lipinski definition) is 1. The number of amides is 1. The second-order valence-corrected chi connectivity index (χ2v) is 4.82. The van der Waals surface area contributed by atoms with Crippen molar-refractivity contribution in [1.82, 2.24) is 0 Å². The van der Waals surface area contributed by atoms with Crippen molar-refractivity contribution in [1.29, 1.82) is 5.26 Å². The van der Waals surface area contributed by atoms with Crippen LogP contribution >= 0.6 is 0 Å². The third kappa shape index (κ3) is 2.54. The molecule has 0 atom stereocenters. The number of benzene rings is 2. The Hall–Kier alpha value is -3.13. The fourth-order valence-electron chi connectivity index (χ4n) is 2.37. The maximum atomic E-state index is 11.8. The molecule has 1 heterocycles. The maximum absolute atomic E-state index is 11.8. The summed E-state index contributed by atoms with van der Waals surface area (Å²) < 4.78 is 5.20. The Bertz CT molecular complexity index is 819. The monoisotopic (exact) mass is 291 g/mol. The van der Waals surface area contributed by atoms with Crippen LogP contribution in [-0.2, 0) is 4.79 Å². The van der Waals surface area contributed by atoms with E-state index in [0.717, 1.165) is 11.1 Å². The number of nitriles is 1. The third-order valence-corrected chi connectivity index (χ3v) is 3.40. The van der Waals surface area contributed by atoms with E-state index in [0.29, 0.717) is 22.7 Å². The van der Waals surface area contributed by atoms with E-state index in [1.807, 2.05) is 18.2 Å². The smallest absolute Gasteiger partial charge is 0.246 e. The highest BCUT2D eigenvalue weighted by atomic mass is 16.5. The molecule has 1 amide bonds. The number of benzodiazepines with no additional fused rings is 1. The van der Waals surface area contributed by atoms with Gasteiger partial charge >= 0.3 is 0 Å². The number of anilines is 1. The number of carbonyl (C=O) groups excluding carboxylic acids is 1. The van der Waals surface area contributed by atoms with E-state index < -0.39 is 0 Å². The Morgan fingerprint density at radius 3 is 2.91 bits per heavy atom. The average molecular weight is 291 g/mol. The molecule has 2 aromatic rings. The summed E-state index contributed by atoms with van der Waals surface area (Å²) >= 11 is 0. The van der Waals surface area contributed by atoms with Crippen LogP contribution in [0.1, 0.15) is 16.7 Å². The van der Waals surface area contributed by atoms with Crippen molar-refractivity contribution in [2.45, 2.75) is 0 Å². The molecule has 0 radical (unpaired) electrons. The topological polar surface area (TPSA) is 74.5 Å². The summed E-state index contributed by atoms with van der Waals surface area (Å²) in [6.07, 6.45) is 0. The number of rotatable bonds is 2. The second kappa shape index (κ2) is 5.70. The van der Waals surface area contributed by atoms with Crippen molar-refractivity contribution in [3.8, 4) is 11.8 Å². The van der Waals surface area contributed by atoms with Crippen LogP contribution in [0.3, 0.4) is 0 Å². The molecular weight excluding hydrogens is 278 g/mol. The number of ether oxygens (including phenoxy) is 1. The SMILES string of the molecule is COc1ccc2c(c1)NC(=O)CN=C2c1cccc(C#N)c1. The molecule has 1 aliphatic heterocycles. The first kappa shape index (κ1) is 13.8. The van der Waals surface area contributed by atoms with E-state index in [4.69, 9.17) is 10.00 Å². The molecule has 0 fully saturated rings. The Morgan fingerprint density at radius 1 is 1.27 bits per heavy atom. The molecule has 22 heavy (non-hydrogen) atoms. The zero-order chi connectivity index (χ0) is 15.5. The molecule has 3 rings (SSSR count). The number of carbonyl (C=O) groups is 1. The largest absolute Gasteiger partial charge is 0.497 e. The van der Waals surface area contributed by atoms with Crippen molar-refractivity contribution in [3.63, 3.8) is 0 Å². The van der Waals surface area contributed by atoms with Crippen LogP contribution in [0.15, 0.2) is 47.5 Å². The van der Waals surface area contributed by atoms with Gasteiger partial charge in [-0.1, -0.05) is 12.1 Å². The van der Waals surface area contributed by atoms with Crippen LogP contribution < -0.4 is 10.1 Å². The second-order valence-electron chi connectivity index (χ2n) is 4.82. The molecule has 0 aromatic heterocycles. The molecule has 1 aliphatic rings. The molecule has 5 nitrogen and oxygen atoms in total. The van der Waals surface area contributed by atoms with E-state index in [1.165, 1.54) is 0 Å². The minimum absolute atomic E-state index is 0.0448. The molecule has 108 valence electrons. The highest BCUT2D eigenvalue weighted by Gasteiger charge is 2.18. The van der Waals surface area contributed by atoms with Crippen LogP contribution in [0.4, 0.5) is 5.69 Å². The quantitative estimate of drug-likeness (QED) is 0.923. The summed E-state index contributed by atoms with van der Waals surface area (Å²) in [4.78, 5) is 16.2. The summed E-state index contributed by atoms with van der Waals surface area (Å²) in [6, 6.07) is 14.7. The van der Waals surface area contributed by atoms with Gasteiger partial charge in [-0.25, -0.2) is 0 Å². The van der Waals surface area contributed by atoms with E-state index in [1.54, 1.807) is 31.4 Å². The first-order valence-corrected chi connectivity index (χ1v) is 6.74. The number of nitrogens with one attached hydrogen (secondary N) is 1. The van der Waals surface area contributed by atoms with Gasteiger partial charge in [0.2, 0.25) is 5.91 Å². The van der Waals surface area contributed by atoms with Gasteiger partial charge < -0.3 is 10.1 Å². The number of hydrogen-bond acceptors (Lipinski definition) is 4. The summed E-state index contributed by atoms with van der Waals surface area (Å²) in [5, 5.41) is 11.9. The van der Waals surface area contributed by atoms with Crippen molar-refractivity contribution in [2.24, 2.45) is 4.99 Å². The van der Waals surface area contributed by atoms with Crippen molar-refractivity contribution < 1.29 is 9.53 Å².